The van der Waals surface area contributed by atoms with E-state index in [0.717, 1.165) is 6.42 Å². The van der Waals surface area contributed by atoms with Crippen molar-refractivity contribution >= 4 is 22.4 Å². The molecule has 0 aromatic heterocycles. The lowest BCUT2D eigenvalue weighted by atomic mass is 9.98. The van der Waals surface area contributed by atoms with E-state index in [-0.39, 0.29) is 0 Å². The molecular formula is C19H14. The number of benzene rings is 3. The maximum atomic E-state index is 2.34. The van der Waals surface area contributed by atoms with Crippen molar-refractivity contribution in [2.75, 3.05) is 0 Å². The molecule has 3 aromatic rings. The monoisotopic (exact) mass is 242 g/mol. The Labute approximate surface area is 113 Å². The lowest BCUT2D eigenvalue weighted by Crippen LogP contribution is -1.88. The van der Waals surface area contributed by atoms with Gasteiger partial charge in [0.2, 0.25) is 0 Å². The molecule has 0 bridgehead atoms. The summed E-state index contributed by atoms with van der Waals surface area (Å²) in [4.78, 5) is 0. The van der Waals surface area contributed by atoms with Crippen molar-refractivity contribution in [3.05, 3.63) is 83.4 Å². The van der Waals surface area contributed by atoms with Gasteiger partial charge in [-0.3, -0.25) is 0 Å². The highest BCUT2D eigenvalue weighted by molar-refractivity contribution is 6.09. The van der Waals surface area contributed by atoms with Crippen LogP contribution in [0.3, 0.4) is 0 Å². The quantitative estimate of drug-likeness (QED) is 0.597. The predicted octanol–water partition coefficient (Wildman–Crippen LogP) is 4.94. The molecule has 0 saturated heterocycles. The van der Waals surface area contributed by atoms with Crippen molar-refractivity contribution in [2.45, 2.75) is 6.42 Å². The molecule has 0 aliphatic heterocycles. The van der Waals surface area contributed by atoms with E-state index in [0.29, 0.717) is 0 Å². The Balaban J connectivity index is 1.84. The molecule has 1 aliphatic rings. The molecule has 3 aromatic carbocycles. The van der Waals surface area contributed by atoms with Crippen molar-refractivity contribution in [1.29, 1.82) is 0 Å². The van der Waals surface area contributed by atoms with Gasteiger partial charge < -0.3 is 0 Å². The van der Waals surface area contributed by atoms with Crippen LogP contribution in [0.15, 0.2) is 66.7 Å². The van der Waals surface area contributed by atoms with Crippen molar-refractivity contribution < 1.29 is 0 Å². The summed E-state index contributed by atoms with van der Waals surface area (Å²) in [6, 6.07) is 23.8. The molecule has 0 radical (unpaired) electrons. The lowest BCUT2D eigenvalue weighted by molar-refractivity contribution is 1.30. The Bertz CT molecular complexity index is 774. The lowest BCUT2D eigenvalue weighted by Gasteiger charge is -2.06. The zero-order valence-electron chi connectivity index (χ0n) is 10.6. The standard InChI is InChI=1S/C19H14/c1-2-6-14(7-3-1)12-17-13-16-10-4-8-15-9-5-11-18(17)19(15)16/h1-11,13H,12H2. The van der Waals surface area contributed by atoms with Crippen molar-refractivity contribution in [2.24, 2.45) is 0 Å². The molecule has 0 nitrogen and oxygen atoms in total. The minimum absolute atomic E-state index is 1.01. The van der Waals surface area contributed by atoms with E-state index in [9.17, 15) is 0 Å². The summed E-state index contributed by atoms with van der Waals surface area (Å²) in [7, 11) is 0. The fraction of sp³-hybridized carbons (Fsp3) is 0.0526. The third-order valence-electron chi connectivity index (χ3n) is 3.85. The molecule has 1 aliphatic carbocycles. The van der Waals surface area contributed by atoms with Crippen LogP contribution in [0.1, 0.15) is 16.7 Å². The molecule has 0 amide bonds. The second-order valence-corrected chi connectivity index (χ2v) is 5.08. The van der Waals surface area contributed by atoms with Gasteiger partial charge in [0.15, 0.2) is 0 Å². The maximum absolute atomic E-state index is 2.34. The van der Waals surface area contributed by atoms with Crippen molar-refractivity contribution in [3.8, 4) is 0 Å². The van der Waals surface area contributed by atoms with Crippen LogP contribution < -0.4 is 0 Å². The first-order valence-electron chi connectivity index (χ1n) is 6.68. The number of hydrogen-bond donors (Lipinski definition) is 0. The molecule has 90 valence electrons. The molecule has 0 heterocycles. The van der Waals surface area contributed by atoms with Crippen LogP contribution >= 0.6 is 0 Å². The first kappa shape index (κ1) is 10.6. The highest BCUT2D eigenvalue weighted by atomic mass is 14.2. The van der Waals surface area contributed by atoms with Crippen LogP contribution in [0.25, 0.3) is 22.4 Å². The first-order valence-corrected chi connectivity index (χ1v) is 6.68. The van der Waals surface area contributed by atoms with E-state index in [1.165, 1.54) is 33.0 Å². The maximum Gasteiger partial charge on any atom is -0.00194 e. The second-order valence-electron chi connectivity index (χ2n) is 5.08. The SMILES string of the molecule is C1=C(Cc2ccccc2)c2cccc3cccc1c23. The highest BCUT2D eigenvalue weighted by Crippen LogP contribution is 2.37. The Morgan fingerprint density at radius 3 is 2.32 bits per heavy atom. The zero-order valence-corrected chi connectivity index (χ0v) is 10.6. The second kappa shape index (κ2) is 4.10. The van der Waals surface area contributed by atoms with Crippen LogP contribution in [0.2, 0.25) is 0 Å². The van der Waals surface area contributed by atoms with Crippen molar-refractivity contribution in [1.82, 2.24) is 0 Å². The summed E-state index contributed by atoms with van der Waals surface area (Å²) in [5.74, 6) is 0. The van der Waals surface area contributed by atoms with Gasteiger partial charge in [0.05, 0.1) is 0 Å². The summed E-state index contributed by atoms with van der Waals surface area (Å²) in [5.41, 5.74) is 5.56. The molecule has 0 heteroatoms. The van der Waals surface area contributed by atoms with Gasteiger partial charge in [-0.25, -0.2) is 0 Å². The van der Waals surface area contributed by atoms with E-state index in [1.54, 1.807) is 0 Å². The topological polar surface area (TPSA) is 0 Å². The summed E-state index contributed by atoms with van der Waals surface area (Å²) in [6.07, 6.45) is 3.35. The van der Waals surface area contributed by atoms with Gasteiger partial charge in [0.25, 0.3) is 0 Å². The van der Waals surface area contributed by atoms with Gasteiger partial charge in [0.1, 0.15) is 0 Å². The molecule has 4 rings (SSSR count). The van der Waals surface area contributed by atoms with E-state index in [1.807, 2.05) is 0 Å². The van der Waals surface area contributed by atoms with E-state index in [2.05, 4.69) is 72.8 Å². The Hall–Kier alpha value is -2.34. The van der Waals surface area contributed by atoms with Crippen LogP contribution in [0.4, 0.5) is 0 Å². The van der Waals surface area contributed by atoms with Crippen LogP contribution in [0, 0.1) is 0 Å². The smallest absolute Gasteiger partial charge is 0.00194 e. The third-order valence-corrected chi connectivity index (χ3v) is 3.85. The van der Waals surface area contributed by atoms with E-state index < -0.39 is 0 Å². The third kappa shape index (κ3) is 1.68. The summed E-state index contributed by atoms with van der Waals surface area (Å²) in [5, 5.41) is 2.75. The Kier molecular flexibility index (Phi) is 2.28. The minimum atomic E-state index is 1.01. The Morgan fingerprint density at radius 1 is 0.684 bits per heavy atom. The van der Waals surface area contributed by atoms with Gasteiger partial charge in [-0.1, -0.05) is 72.8 Å². The fourth-order valence-corrected chi connectivity index (χ4v) is 2.99. The summed E-state index contributed by atoms with van der Waals surface area (Å²) >= 11 is 0. The Morgan fingerprint density at radius 2 is 1.47 bits per heavy atom. The van der Waals surface area contributed by atoms with Crippen LogP contribution in [-0.2, 0) is 6.42 Å². The van der Waals surface area contributed by atoms with Crippen LogP contribution in [-0.4, -0.2) is 0 Å². The number of allylic oxidation sites excluding steroid dienone is 1. The molecule has 19 heavy (non-hydrogen) atoms. The number of hydrogen-bond acceptors (Lipinski definition) is 0. The highest BCUT2D eigenvalue weighted by Gasteiger charge is 2.15. The first-order chi connectivity index (χ1) is 9.42. The predicted molar refractivity (Wildman–Crippen MR) is 82.0 cm³/mol. The molecule has 0 unspecified atom stereocenters. The summed E-state index contributed by atoms with van der Waals surface area (Å²) in [6.45, 7) is 0. The fourth-order valence-electron chi connectivity index (χ4n) is 2.99. The van der Waals surface area contributed by atoms with E-state index >= 15 is 0 Å². The molecule has 0 fully saturated rings. The zero-order chi connectivity index (χ0) is 12.7. The molecule has 0 N–H and O–H groups in total. The number of rotatable bonds is 2. The summed E-state index contributed by atoms with van der Waals surface area (Å²) < 4.78 is 0. The van der Waals surface area contributed by atoms with E-state index in [4.69, 9.17) is 0 Å². The molecular weight excluding hydrogens is 228 g/mol. The normalized spacial score (nSPS) is 12.7. The van der Waals surface area contributed by atoms with Gasteiger partial charge in [0, 0.05) is 0 Å². The largest absolute Gasteiger partial charge is 0.0622 e. The van der Waals surface area contributed by atoms with Gasteiger partial charge in [-0.2, -0.15) is 0 Å². The van der Waals surface area contributed by atoms with Crippen LogP contribution in [0.5, 0.6) is 0 Å². The molecule has 0 atom stereocenters. The van der Waals surface area contributed by atoms with Gasteiger partial charge in [-0.15, -0.1) is 0 Å². The average Bonchev–Trinajstić information content (AvgIpc) is 2.81. The molecule has 0 saturated carbocycles. The van der Waals surface area contributed by atoms with Gasteiger partial charge >= 0.3 is 0 Å². The van der Waals surface area contributed by atoms with Gasteiger partial charge in [-0.05, 0) is 39.5 Å². The minimum Gasteiger partial charge on any atom is -0.0622 e. The average molecular weight is 242 g/mol. The van der Waals surface area contributed by atoms with Crippen molar-refractivity contribution in [3.63, 3.8) is 0 Å². The molecule has 0 spiro atoms.